The van der Waals surface area contributed by atoms with Gasteiger partial charge in [-0.3, -0.25) is 4.79 Å². The van der Waals surface area contributed by atoms with Gasteiger partial charge in [0.15, 0.2) is 12.2 Å². The summed E-state index contributed by atoms with van der Waals surface area (Å²) in [6.07, 6.45) is 1.11. The minimum Gasteiger partial charge on any atom is -0.452 e. The molecule has 1 amide bonds. The lowest BCUT2D eigenvalue weighted by Crippen LogP contribution is -2.44. The van der Waals surface area contributed by atoms with Crippen molar-refractivity contribution in [1.82, 2.24) is 9.88 Å². The molecule has 1 saturated heterocycles. The molecule has 1 aliphatic heterocycles. The molecule has 0 bridgehead atoms. The highest BCUT2D eigenvalue weighted by Crippen LogP contribution is 2.33. The number of nitrogens with zero attached hydrogens (tertiary/aromatic N) is 2. The second-order valence-electron chi connectivity index (χ2n) is 9.02. The van der Waals surface area contributed by atoms with E-state index in [-0.39, 0.29) is 12.5 Å². The summed E-state index contributed by atoms with van der Waals surface area (Å²) in [6.45, 7) is 5.44. The van der Waals surface area contributed by atoms with Crippen LogP contribution in [0.15, 0.2) is 65.1 Å². The van der Waals surface area contributed by atoms with Crippen LogP contribution in [0.1, 0.15) is 30.6 Å². The highest BCUT2D eigenvalue weighted by Gasteiger charge is 2.26. The topological polar surface area (TPSA) is 72.6 Å². The molecule has 4 aromatic rings. The Morgan fingerprint density at radius 1 is 1.00 bits per heavy atom. The molecule has 1 fully saturated rings. The number of carbonyl (C=O) groups is 2. The quantitative estimate of drug-likeness (QED) is 0.401. The molecule has 6 nitrogen and oxygen atoms in total. The number of para-hydroxylation sites is 2. The van der Waals surface area contributed by atoms with Crippen LogP contribution >= 0.6 is 0 Å². The standard InChI is InChI=1S/C27H26N2O4/c1-17-13-18(2)15-29(14-17)24(30)16-32-27(31)21-10-6-8-19-7-5-9-20(25(19)21)26-28-22-11-3-4-12-23(22)33-26/h3-12,17-18H,13-16H2,1-2H3. The van der Waals surface area contributed by atoms with Gasteiger partial charge in [-0.05, 0) is 47.9 Å². The molecule has 1 aliphatic rings. The van der Waals surface area contributed by atoms with E-state index in [2.05, 4.69) is 18.8 Å². The van der Waals surface area contributed by atoms with Crippen LogP contribution in [0.25, 0.3) is 33.3 Å². The van der Waals surface area contributed by atoms with Gasteiger partial charge in [0, 0.05) is 24.0 Å². The van der Waals surface area contributed by atoms with Crippen molar-refractivity contribution >= 4 is 33.7 Å². The highest BCUT2D eigenvalue weighted by molar-refractivity contribution is 6.10. The maximum absolute atomic E-state index is 13.1. The summed E-state index contributed by atoms with van der Waals surface area (Å²) in [7, 11) is 0. The molecule has 3 aromatic carbocycles. The molecule has 5 rings (SSSR count). The summed E-state index contributed by atoms with van der Waals surface area (Å²) < 4.78 is 11.5. The zero-order valence-corrected chi connectivity index (χ0v) is 18.8. The number of benzene rings is 3. The van der Waals surface area contributed by atoms with Crippen molar-refractivity contribution in [2.75, 3.05) is 19.7 Å². The monoisotopic (exact) mass is 442 g/mol. The van der Waals surface area contributed by atoms with Crippen LogP contribution in [0.3, 0.4) is 0 Å². The van der Waals surface area contributed by atoms with Crippen LogP contribution in [0.2, 0.25) is 0 Å². The van der Waals surface area contributed by atoms with Crippen LogP contribution in [0.4, 0.5) is 0 Å². The minimum atomic E-state index is -0.532. The average Bonchev–Trinajstić information content (AvgIpc) is 3.25. The Balaban J connectivity index is 1.43. The minimum absolute atomic E-state index is 0.152. The first kappa shape index (κ1) is 21.2. The number of fused-ring (bicyclic) bond motifs is 2. The molecule has 0 aliphatic carbocycles. The fourth-order valence-electron chi connectivity index (χ4n) is 4.84. The zero-order valence-electron chi connectivity index (χ0n) is 18.8. The number of piperidine rings is 1. The number of oxazole rings is 1. The third-order valence-electron chi connectivity index (χ3n) is 6.20. The lowest BCUT2D eigenvalue weighted by Gasteiger charge is -2.34. The van der Waals surface area contributed by atoms with Gasteiger partial charge in [0.05, 0.1) is 5.56 Å². The maximum Gasteiger partial charge on any atom is 0.339 e. The first-order valence-electron chi connectivity index (χ1n) is 11.3. The fourth-order valence-corrected chi connectivity index (χ4v) is 4.84. The predicted octanol–water partition coefficient (Wildman–Crippen LogP) is 5.31. The second kappa shape index (κ2) is 8.70. The van der Waals surface area contributed by atoms with Gasteiger partial charge in [-0.2, -0.15) is 0 Å². The van der Waals surface area contributed by atoms with Crippen molar-refractivity contribution in [3.63, 3.8) is 0 Å². The molecule has 2 atom stereocenters. The van der Waals surface area contributed by atoms with E-state index in [0.717, 1.165) is 17.3 Å². The lowest BCUT2D eigenvalue weighted by atomic mass is 9.92. The first-order chi connectivity index (χ1) is 16.0. The van der Waals surface area contributed by atoms with Crippen molar-refractivity contribution in [2.45, 2.75) is 20.3 Å². The lowest BCUT2D eigenvalue weighted by molar-refractivity contribution is -0.137. The zero-order chi connectivity index (χ0) is 22.9. The summed E-state index contributed by atoms with van der Waals surface area (Å²) in [5.74, 6) is 0.655. The van der Waals surface area contributed by atoms with E-state index >= 15 is 0 Å². The van der Waals surface area contributed by atoms with E-state index in [0.29, 0.717) is 52.9 Å². The summed E-state index contributed by atoms with van der Waals surface area (Å²) in [5.41, 5.74) is 2.53. The van der Waals surface area contributed by atoms with Gasteiger partial charge < -0.3 is 14.1 Å². The first-order valence-corrected chi connectivity index (χ1v) is 11.3. The largest absolute Gasteiger partial charge is 0.452 e. The van der Waals surface area contributed by atoms with E-state index in [1.54, 1.807) is 11.0 Å². The number of aromatic nitrogens is 1. The summed E-state index contributed by atoms with van der Waals surface area (Å²) in [4.78, 5) is 32.2. The smallest absolute Gasteiger partial charge is 0.339 e. The molecular weight excluding hydrogens is 416 g/mol. The average molecular weight is 443 g/mol. The van der Waals surface area contributed by atoms with Crippen LogP contribution in [-0.2, 0) is 9.53 Å². The van der Waals surface area contributed by atoms with Gasteiger partial charge in [-0.25, -0.2) is 9.78 Å². The molecule has 0 spiro atoms. The molecule has 0 radical (unpaired) electrons. The molecule has 2 unspecified atom stereocenters. The van der Waals surface area contributed by atoms with Crippen LogP contribution in [0.5, 0.6) is 0 Å². The molecule has 0 saturated carbocycles. The fraction of sp³-hybridized carbons (Fsp3) is 0.296. The Kier molecular flexibility index (Phi) is 5.58. The Morgan fingerprint density at radius 3 is 2.48 bits per heavy atom. The van der Waals surface area contributed by atoms with E-state index in [4.69, 9.17) is 9.15 Å². The van der Waals surface area contributed by atoms with Gasteiger partial charge in [-0.15, -0.1) is 0 Å². The maximum atomic E-state index is 13.1. The number of esters is 1. The highest BCUT2D eigenvalue weighted by atomic mass is 16.5. The second-order valence-corrected chi connectivity index (χ2v) is 9.02. The summed E-state index contributed by atoms with van der Waals surface area (Å²) in [5, 5.41) is 1.57. The Hall–Kier alpha value is -3.67. The number of hydrogen-bond donors (Lipinski definition) is 0. The van der Waals surface area contributed by atoms with E-state index in [1.807, 2.05) is 54.6 Å². The van der Waals surface area contributed by atoms with Gasteiger partial charge in [0.25, 0.3) is 5.91 Å². The Bertz CT molecular complexity index is 1290. The molecule has 2 heterocycles. The third-order valence-corrected chi connectivity index (χ3v) is 6.20. The molecule has 33 heavy (non-hydrogen) atoms. The molecule has 6 heteroatoms. The number of ether oxygens (including phenoxy) is 1. The van der Waals surface area contributed by atoms with Crippen molar-refractivity contribution in [3.05, 3.63) is 66.2 Å². The van der Waals surface area contributed by atoms with Crippen LogP contribution in [0, 0.1) is 11.8 Å². The molecule has 0 N–H and O–H groups in total. The van der Waals surface area contributed by atoms with Gasteiger partial charge in [-0.1, -0.05) is 50.2 Å². The molecular formula is C27H26N2O4. The van der Waals surface area contributed by atoms with E-state index in [1.165, 1.54) is 0 Å². The van der Waals surface area contributed by atoms with Gasteiger partial charge >= 0.3 is 5.97 Å². The number of hydrogen-bond acceptors (Lipinski definition) is 5. The molecule has 168 valence electrons. The van der Waals surface area contributed by atoms with Crippen molar-refractivity contribution in [3.8, 4) is 11.5 Å². The van der Waals surface area contributed by atoms with Gasteiger partial charge in [0.1, 0.15) is 5.52 Å². The van der Waals surface area contributed by atoms with Crippen molar-refractivity contribution in [1.29, 1.82) is 0 Å². The number of amides is 1. The Morgan fingerprint density at radius 2 is 1.73 bits per heavy atom. The van der Waals surface area contributed by atoms with Gasteiger partial charge in [0.2, 0.25) is 5.89 Å². The van der Waals surface area contributed by atoms with Crippen molar-refractivity contribution in [2.24, 2.45) is 11.8 Å². The number of rotatable bonds is 4. The molecule has 1 aromatic heterocycles. The number of likely N-dealkylation sites (tertiary alicyclic amines) is 1. The van der Waals surface area contributed by atoms with Crippen LogP contribution in [-0.4, -0.2) is 41.5 Å². The summed E-state index contributed by atoms with van der Waals surface area (Å²) >= 11 is 0. The SMILES string of the molecule is CC1CC(C)CN(C(=O)COC(=O)c2cccc3cccc(-c4nc5ccccc5o4)c23)C1. The van der Waals surface area contributed by atoms with Crippen LogP contribution < -0.4 is 0 Å². The Labute approximate surface area is 192 Å². The third kappa shape index (κ3) is 4.21. The van der Waals surface area contributed by atoms with E-state index < -0.39 is 5.97 Å². The summed E-state index contributed by atoms with van der Waals surface area (Å²) in [6, 6.07) is 18.7. The predicted molar refractivity (Wildman–Crippen MR) is 127 cm³/mol. The normalized spacial score (nSPS) is 18.5. The van der Waals surface area contributed by atoms with E-state index in [9.17, 15) is 9.59 Å². The van der Waals surface area contributed by atoms with Crippen molar-refractivity contribution < 1.29 is 18.7 Å². The number of carbonyl (C=O) groups excluding carboxylic acids is 2.